The molecule has 31 heteroatoms. The average Bonchev–Trinajstić information content (AvgIpc) is 1.59. The van der Waals surface area contributed by atoms with Gasteiger partial charge in [0.1, 0.15) is 71.0 Å². The normalized spacial score (nSPS) is 27.4. The molecule has 652 valence electrons. The summed E-state index contributed by atoms with van der Waals surface area (Å²) in [5.74, 6) is -3.83. The van der Waals surface area contributed by atoms with E-state index in [-0.39, 0.29) is 114 Å². The van der Waals surface area contributed by atoms with Gasteiger partial charge in [0, 0.05) is 115 Å². The van der Waals surface area contributed by atoms with E-state index < -0.39 is 101 Å². The third-order valence-corrected chi connectivity index (χ3v) is 24.8. The summed E-state index contributed by atoms with van der Waals surface area (Å²) in [6, 6.07) is 17.8. The Morgan fingerprint density at radius 2 is 0.958 bits per heavy atom. The fourth-order valence-corrected chi connectivity index (χ4v) is 17.6. The third kappa shape index (κ3) is 26.1. The number of hydrogen-bond acceptors (Lipinski definition) is 19. The van der Waals surface area contributed by atoms with Crippen LogP contribution >= 0.6 is 0 Å². The topological polar surface area (TPSA) is 347 Å². The summed E-state index contributed by atoms with van der Waals surface area (Å²) in [5, 5.41) is 26.9. The first kappa shape index (κ1) is 88.4. The van der Waals surface area contributed by atoms with Gasteiger partial charge in [0.15, 0.2) is 0 Å². The predicted molar refractivity (Wildman–Crippen MR) is 441 cm³/mol. The molecule has 0 aromatic heterocycles. The number of halogens is 2. The van der Waals surface area contributed by atoms with Gasteiger partial charge in [-0.1, -0.05) is 42.5 Å². The van der Waals surface area contributed by atoms with Crippen LogP contribution in [0.4, 0.5) is 8.78 Å². The number of alkyl halides is 1. The highest BCUT2D eigenvalue weighted by atomic mass is 19.1. The SMILES string of the molecule is O=C1CCc2cc(cc(C3CCC(NC(=O)[C@@H]4CCCCOc5cc(cc(C6CC6(F)CNC(=O)[C@@H]6CCCCOc7cccc(c7)C[C@H](N7CCCC7=O)C(=O)N[C@@H](CCN7CCOCC7)C(=O)N6)c5)CCC(=O)N[C@@H](CCN5CCOCC5)C(=O)N4)C3)c2)OCCCC[C@@H](C(=O)NCc2ccccc2F)NC(=O)[C@H](CCN2CCOCC2)N1. The second-order valence-electron chi connectivity index (χ2n) is 33.7. The van der Waals surface area contributed by atoms with E-state index in [9.17, 15) is 52.3 Å². The van der Waals surface area contributed by atoms with E-state index in [4.69, 9.17) is 28.4 Å². The van der Waals surface area contributed by atoms with E-state index in [1.807, 2.05) is 48.5 Å². The number of morpholine rings is 3. The van der Waals surface area contributed by atoms with Crippen LogP contribution in [0.3, 0.4) is 0 Å². The van der Waals surface area contributed by atoms with E-state index in [1.54, 1.807) is 29.2 Å². The number of nitrogens with one attached hydrogen (secondary N) is 9. The number of benzene rings is 4. The van der Waals surface area contributed by atoms with Gasteiger partial charge in [-0.15, -0.1) is 0 Å². The van der Waals surface area contributed by atoms with Crippen LogP contribution in [0.1, 0.15) is 174 Å². The van der Waals surface area contributed by atoms with E-state index in [0.717, 1.165) is 16.7 Å². The maximum Gasteiger partial charge on any atom is 0.243 e. The first-order valence-electron chi connectivity index (χ1n) is 43.8. The molecule has 2 saturated carbocycles. The van der Waals surface area contributed by atoms with Gasteiger partial charge >= 0.3 is 0 Å². The summed E-state index contributed by atoms with van der Waals surface area (Å²) < 4.78 is 67.8. The molecule has 0 spiro atoms. The van der Waals surface area contributed by atoms with Gasteiger partial charge in [0.05, 0.1) is 66.0 Å². The average molecular weight is 1670 g/mol. The standard InChI is InChI=1S/C89H121F2N13O16/c90-71-14-2-1-12-63(71)57-92-82(108)72-15-4-7-39-119-68-50-60(19-23-79(105)95-75(85(111)97-72)25-29-101-32-41-115-42-33-101)47-64(54-68)62-21-22-66(53-62)94-84(110)74-17-5-8-40-120-69-51-61(20-24-80(106)96-76(86(112)99-74)26-30-102-34-43-116-44-35-102)48-65(55-69)70-56-89(70,91)58-93-83(109)73-16-3-6-38-118-67-13-9-11-59(49-67)52-78(104-28-10-18-81(104)107)88(114)100-77(87(113)98-73)27-31-103-36-45-117-46-37-103/h1-2,9,11-14,47-51,54-55,62,66,70,72-78H,3-8,10,15-46,52-53,56-58H2,(H,92,108)(H,93,109)(H,94,110)(H,95,105)(H,96,106)(H,97,111)(H,98,113)(H,99,112)(H,100,114)/t62?,66?,70?,72-,73-,74-,75-,76-,77-,78-,89?/m0/s1. The van der Waals surface area contributed by atoms with Gasteiger partial charge < -0.3 is 81.2 Å². The number of amides is 10. The molecule has 29 nitrogen and oxygen atoms in total. The number of hydrogen-bond donors (Lipinski definition) is 9. The zero-order chi connectivity index (χ0) is 83.7. The van der Waals surface area contributed by atoms with Crippen LogP contribution in [0, 0.1) is 5.82 Å². The minimum absolute atomic E-state index is 0.0187. The van der Waals surface area contributed by atoms with Crippen LogP contribution in [0.2, 0.25) is 0 Å². The van der Waals surface area contributed by atoms with Crippen molar-refractivity contribution in [2.24, 2.45) is 0 Å². The minimum atomic E-state index is -1.89. The summed E-state index contributed by atoms with van der Waals surface area (Å²) in [4.78, 5) is 151. The first-order valence-corrected chi connectivity index (χ1v) is 43.8. The summed E-state index contributed by atoms with van der Waals surface area (Å²) in [7, 11) is 0. The monoisotopic (exact) mass is 1670 g/mol. The van der Waals surface area contributed by atoms with Crippen LogP contribution in [-0.4, -0.2) is 264 Å². The zero-order valence-corrected chi connectivity index (χ0v) is 69.0. The lowest BCUT2D eigenvalue weighted by atomic mass is 9.94. The molecule has 11 atom stereocenters. The molecule has 7 heterocycles. The highest BCUT2D eigenvalue weighted by Gasteiger charge is 2.56. The first-order chi connectivity index (χ1) is 58.3. The Bertz CT molecular complexity index is 4180. The minimum Gasteiger partial charge on any atom is -0.494 e. The number of carbonyl (C=O) groups is 10. The summed E-state index contributed by atoms with van der Waals surface area (Å²) in [6.07, 6.45) is 8.06. The molecule has 7 aliphatic heterocycles. The number of aryl methyl sites for hydroxylation is 2. The largest absolute Gasteiger partial charge is 0.494 e. The zero-order valence-electron chi connectivity index (χ0n) is 69.0. The number of fused-ring (bicyclic) bond motifs is 6. The van der Waals surface area contributed by atoms with E-state index in [1.165, 1.54) is 6.07 Å². The number of ether oxygens (including phenoxy) is 6. The number of carbonyl (C=O) groups excluding carboxylic acids is 10. The lowest BCUT2D eigenvalue weighted by molar-refractivity contribution is -0.139. The molecule has 4 saturated heterocycles. The number of nitrogens with zero attached hydrogens (tertiary/aromatic N) is 4. The van der Waals surface area contributed by atoms with Gasteiger partial charge in [-0.2, -0.15) is 0 Å². The number of likely N-dealkylation sites (tertiary alicyclic amines) is 1. The fraction of sp³-hybridized carbons (Fsp3) is 0.618. The Hall–Kier alpha value is -9.40. The smallest absolute Gasteiger partial charge is 0.243 e. The van der Waals surface area contributed by atoms with Crippen LogP contribution in [-0.2, 0) is 88.0 Å². The summed E-state index contributed by atoms with van der Waals surface area (Å²) >= 11 is 0. The number of rotatable bonds is 20. The molecule has 9 N–H and O–H groups in total. The molecule has 6 fully saturated rings. The van der Waals surface area contributed by atoms with E-state index >= 15 is 4.39 Å². The third-order valence-electron chi connectivity index (χ3n) is 24.8. The Balaban J connectivity index is 0.653. The maximum absolute atomic E-state index is 17.4. The van der Waals surface area contributed by atoms with E-state index in [2.05, 4.69) is 68.6 Å². The lowest BCUT2D eigenvalue weighted by Crippen LogP contribution is -2.58. The molecule has 4 aromatic rings. The molecule has 6 bridgehead atoms. The van der Waals surface area contributed by atoms with Crippen LogP contribution in [0.15, 0.2) is 84.9 Å². The van der Waals surface area contributed by atoms with Gasteiger partial charge in [-0.05, 0) is 198 Å². The molecule has 4 aromatic carbocycles. The van der Waals surface area contributed by atoms with Crippen molar-refractivity contribution in [1.29, 1.82) is 0 Å². The van der Waals surface area contributed by atoms with Gasteiger partial charge in [-0.25, -0.2) is 8.78 Å². The van der Waals surface area contributed by atoms with Crippen molar-refractivity contribution in [1.82, 2.24) is 67.5 Å². The lowest BCUT2D eigenvalue weighted by Gasteiger charge is -2.31. The van der Waals surface area contributed by atoms with Crippen molar-refractivity contribution in [2.75, 3.05) is 131 Å². The Morgan fingerprint density at radius 1 is 0.458 bits per heavy atom. The molecule has 0 radical (unpaired) electrons. The highest BCUT2D eigenvalue weighted by molar-refractivity contribution is 5.96. The van der Waals surface area contributed by atoms with Crippen LogP contribution in [0.25, 0.3) is 0 Å². The van der Waals surface area contributed by atoms with Crippen molar-refractivity contribution >= 4 is 59.1 Å². The molecule has 13 rings (SSSR count). The second kappa shape index (κ2) is 43.9. The Labute approximate surface area is 701 Å². The molecular formula is C89H121F2N13O16. The molecule has 2 aliphatic carbocycles. The van der Waals surface area contributed by atoms with Gasteiger partial charge in [0.25, 0.3) is 0 Å². The van der Waals surface area contributed by atoms with Crippen molar-refractivity contribution in [3.63, 3.8) is 0 Å². The van der Waals surface area contributed by atoms with Gasteiger partial charge in [-0.3, -0.25) is 62.6 Å². The van der Waals surface area contributed by atoms with Crippen molar-refractivity contribution in [3.8, 4) is 17.2 Å². The van der Waals surface area contributed by atoms with Crippen molar-refractivity contribution in [2.45, 2.75) is 220 Å². The van der Waals surface area contributed by atoms with Crippen LogP contribution in [0.5, 0.6) is 17.2 Å². The summed E-state index contributed by atoms with van der Waals surface area (Å²) in [6.45, 7) is 9.36. The Morgan fingerprint density at radius 3 is 1.50 bits per heavy atom. The molecular weight excluding hydrogens is 1550 g/mol. The maximum atomic E-state index is 17.4. The van der Waals surface area contributed by atoms with Gasteiger partial charge in [0.2, 0.25) is 59.1 Å². The van der Waals surface area contributed by atoms with Crippen molar-refractivity contribution < 1.29 is 85.1 Å². The fourth-order valence-electron chi connectivity index (χ4n) is 17.6. The molecule has 120 heavy (non-hydrogen) atoms. The Kier molecular flexibility index (Phi) is 32.3. The molecule has 4 unspecified atom stereocenters. The van der Waals surface area contributed by atoms with Crippen molar-refractivity contribution in [3.05, 3.63) is 124 Å². The van der Waals surface area contributed by atoms with E-state index in [0.29, 0.717) is 236 Å². The second-order valence-corrected chi connectivity index (χ2v) is 33.7. The highest BCUT2D eigenvalue weighted by Crippen LogP contribution is 2.55. The molecule has 10 amide bonds. The van der Waals surface area contributed by atoms with Crippen LogP contribution < -0.4 is 62.1 Å². The molecule has 9 aliphatic rings. The summed E-state index contributed by atoms with van der Waals surface area (Å²) in [5.41, 5.74) is 2.38. The quantitative estimate of drug-likeness (QED) is 0.0575. The predicted octanol–water partition coefficient (Wildman–Crippen LogP) is 4.77.